The van der Waals surface area contributed by atoms with Crippen molar-refractivity contribution < 1.29 is 4.74 Å². The quantitative estimate of drug-likeness (QED) is 0.829. The number of methoxy groups -OCH3 is 1. The van der Waals surface area contributed by atoms with Gasteiger partial charge in [-0.25, -0.2) is 0 Å². The van der Waals surface area contributed by atoms with E-state index in [1.54, 1.807) is 7.11 Å². The second-order valence-electron chi connectivity index (χ2n) is 4.64. The molecule has 3 nitrogen and oxygen atoms in total. The zero-order valence-electron chi connectivity index (χ0n) is 11.9. The molecule has 0 saturated carbocycles. The molecule has 0 atom stereocenters. The molecule has 21 heavy (non-hydrogen) atoms. The molecule has 2 rings (SSSR count). The molecular weight excluding hydrogens is 304 g/mol. The van der Waals surface area contributed by atoms with Crippen molar-refractivity contribution in [1.29, 1.82) is 0 Å². The van der Waals surface area contributed by atoms with Crippen molar-refractivity contribution in [3.63, 3.8) is 0 Å². The number of nitrogens with one attached hydrogen (secondary N) is 2. The summed E-state index contributed by atoms with van der Waals surface area (Å²) >= 11 is 11.3. The summed E-state index contributed by atoms with van der Waals surface area (Å²) in [7, 11) is 1.64. The fourth-order valence-corrected chi connectivity index (χ4v) is 2.31. The van der Waals surface area contributed by atoms with Crippen LogP contribution in [-0.4, -0.2) is 12.2 Å². The fourth-order valence-electron chi connectivity index (χ4n) is 1.92. The molecule has 0 aromatic heterocycles. The fraction of sp³-hybridized carbons (Fsp3) is 0.188. The summed E-state index contributed by atoms with van der Waals surface area (Å²) in [6, 6.07) is 13.6. The summed E-state index contributed by atoms with van der Waals surface area (Å²) in [4.78, 5) is 0. The minimum Gasteiger partial charge on any atom is -0.495 e. The van der Waals surface area contributed by atoms with Gasteiger partial charge in [0, 0.05) is 11.6 Å². The molecule has 0 radical (unpaired) electrons. The number of thiocarbonyl (C=S) groups is 1. The number of ether oxygens (including phenoxy) is 1. The van der Waals surface area contributed by atoms with Crippen molar-refractivity contribution in [1.82, 2.24) is 5.32 Å². The molecule has 2 N–H and O–H groups in total. The Morgan fingerprint density at radius 2 is 2.05 bits per heavy atom. The standard InChI is InChI=1S/C16H17ClN2OS/c1-11-6-7-15(20-2)14(8-11)19-16(21)18-10-12-4-3-5-13(17)9-12/h3-9H,10H2,1-2H3,(H2,18,19,21). The Labute approximate surface area is 135 Å². The third kappa shape index (κ3) is 4.62. The molecule has 110 valence electrons. The van der Waals surface area contributed by atoms with Crippen molar-refractivity contribution >= 4 is 34.6 Å². The van der Waals surface area contributed by atoms with Crippen LogP contribution in [0.4, 0.5) is 5.69 Å². The van der Waals surface area contributed by atoms with Gasteiger partial charge in [0.1, 0.15) is 5.75 Å². The minimum absolute atomic E-state index is 0.541. The van der Waals surface area contributed by atoms with Crippen LogP contribution in [0.15, 0.2) is 42.5 Å². The predicted octanol–water partition coefficient (Wildman–Crippen LogP) is 4.14. The molecule has 0 bridgehead atoms. The molecule has 0 spiro atoms. The van der Waals surface area contributed by atoms with E-state index in [-0.39, 0.29) is 0 Å². The highest BCUT2D eigenvalue weighted by atomic mass is 35.5. The summed E-state index contributed by atoms with van der Waals surface area (Å²) in [5, 5.41) is 7.56. The molecule has 5 heteroatoms. The van der Waals surface area contributed by atoms with Crippen molar-refractivity contribution in [2.24, 2.45) is 0 Å². The van der Waals surface area contributed by atoms with Gasteiger partial charge in [0.2, 0.25) is 0 Å². The Kier molecular flexibility index (Phi) is 5.42. The predicted molar refractivity (Wildman–Crippen MR) is 92.2 cm³/mol. The van der Waals surface area contributed by atoms with Gasteiger partial charge in [-0.1, -0.05) is 29.8 Å². The lowest BCUT2D eigenvalue weighted by atomic mass is 10.2. The Bertz CT molecular complexity index is 646. The number of hydrogen-bond donors (Lipinski definition) is 2. The molecule has 2 aromatic carbocycles. The second-order valence-corrected chi connectivity index (χ2v) is 5.49. The first-order chi connectivity index (χ1) is 10.1. The van der Waals surface area contributed by atoms with Gasteiger partial charge in [0.15, 0.2) is 5.11 Å². The van der Waals surface area contributed by atoms with Gasteiger partial charge in [-0.3, -0.25) is 0 Å². The summed E-state index contributed by atoms with van der Waals surface area (Å²) in [5.41, 5.74) is 3.06. The van der Waals surface area contributed by atoms with E-state index in [1.807, 2.05) is 49.4 Å². The maximum Gasteiger partial charge on any atom is 0.171 e. The van der Waals surface area contributed by atoms with Crippen LogP contribution in [0.3, 0.4) is 0 Å². The van der Waals surface area contributed by atoms with E-state index < -0.39 is 0 Å². The van der Waals surface area contributed by atoms with Gasteiger partial charge in [-0.05, 0) is 54.5 Å². The summed E-state index contributed by atoms with van der Waals surface area (Å²) < 4.78 is 5.31. The lowest BCUT2D eigenvalue weighted by Gasteiger charge is -2.14. The van der Waals surface area contributed by atoms with E-state index in [9.17, 15) is 0 Å². The Hall–Kier alpha value is -1.78. The lowest BCUT2D eigenvalue weighted by Crippen LogP contribution is -2.28. The Morgan fingerprint density at radius 1 is 1.24 bits per heavy atom. The van der Waals surface area contributed by atoms with Crippen LogP contribution in [0.5, 0.6) is 5.75 Å². The van der Waals surface area contributed by atoms with E-state index in [0.29, 0.717) is 16.7 Å². The molecule has 0 amide bonds. The van der Waals surface area contributed by atoms with Crippen LogP contribution in [0, 0.1) is 6.92 Å². The van der Waals surface area contributed by atoms with Gasteiger partial charge in [0.05, 0.1) is 12.8 Å². The molecule has 0 heterocycles. The number of hydrogen-bond acceptors (Lipinski definition) is 2. The van der Waals surface area contributed by atoms with Gasteiger partial charge in [0.25, 0.3) is 0 Å². The number of aryl methyl sites for hydroxylation is 1. The Balaban J connectivity index is 1.97. The normalized spacial score (nSPS) is 10.0. The summed E-state index contributed by atoms with van der Waals surface area (Å²) in [5.74, 6) is 0.757. The zero-order chi connectivity index (χ0) is 15.2. The largest absolute Gasteiger partial charge is 0.495 e. The van der Waals surface area contributed by atoms with Crippen LogP contribution in [0.2, 0.25) is 5.02 Å². The molecule has 0 fully saturated rings. The third-order valence-electron chi connectivity index (χ3n) is 2.95. The van der Waals surface area contributed by atoms with Crippen LogP contribution >= 0.6 is 23.8 Å². The molecule has 0 saturated heterocycles. The van der Waals surface area contributed by atoms with Gasteiger partial charge >= 0.3 is 0 Å². The van der Waals surface area contributed by atoms with Crippen LogP contribution in [0.1, 0.15) is 11.1 Å². The van der Waals surface area contributed by atoms with Crippen molar-refractivity contribution in [3.05, 3.63) is 58.6 Å². The topological polar surface area (TPSA) is 33.3 Å². The second kappa shape index (κ2) is 7.29. The number of halogens is 1. The van der Waals surface area contributed by atoms with E-state index >= 15 is 0 Å². The maximum absolute atomic E-state index is 5.95. The molecule has 0 unspecified atom stereocenters. The highest BCUT2D eigenvalue weighted by Gasteiger charge is 2.05. The van der Waals surface area contributed by atoms with Gasteiger partial charge in [-0.15, -0.1) is 0 Å². The highest BCUT2D eigenvalue weighted by molar-refractivity contribution is 7.80. The van der Waals surface area contributed by atoms with Gasteiger partial charge < -0.3 is 15.4 Å². The highest BCUT2D eigenvalue weighted by Crippen LogP contribution is 2.25. The molecular formula is C16H17ClN2OS. The van der Waals surface area contributed by atoms with Crippen molar-refractivity contribution in [2.45, 2.75) is 13.5 Å². The van der Waals surface area contributed by atoms with Gasteiger partial charge in [-0.2, -0.15) is 0 Å². The number of benzene rings is 2. The summed E-state index contributed by atoms with van der Waals surface area (Å²) in [6.07, 6.45) is 0. The van der Waals surface area contributed by atoms with E-state index in [4.69, 9.17) is 28.6 Å². The zero-order valence-corrected chi connectivity index (χ0v) is 13.5. The monoisotopic (exact) mass is 320 g/mol. The summed E-state index contributed by atoms with van der Waals surface area (Å²) in [6.45, 7) is 2.63. The molecule has 0 aliphatic heterocycles. The molecule has 0 aliphatic carbocycles. The Morgan fingerprint density at radius 3 is 2.76 bits per heavy atom. The SMILES string of the molecule is COc1ccc(C)cc1NC(=S)NCc1cccc(Cl)c1. The number of anilines is 1. The van der Waals surface area contributed by atoms with E-state index in [1.165, 1.54) is 0 Å². The molecule has 2 aromatic rings. The lowest BCUT2D eigenvalue weighted by molar-refractivity contribution is 0.417. The van der Waals surface area contributed by atoms with Crippen LogP contribution in [-0.2, 0) is 6.54 Å². The first kappa shape index (κ1) is 15.6. The van der Waals surface area contributed by atoms with Crippen LogP contribution < -0.4 is 15.4 Å². The average molecular weight is 321 g/mol. The van der Waals surface area contributed by atoms with Crippen molar-refractivity contribution in [2.75, 3.05) is 12.4 Å². The average Bonchev–Trinajstić information content (AvgIpc) is 2.45. The van der Waals surface area contributed by atoms with E-state index in [2.05, 4.69) is 10.6 Å². The minimum atomic E-state index is 0.541. The maximum atomic E-state index is 5.95. The molecule has 0 aliphatic rings. The van der Waals surface area contributed by atoms with E-state index in [0.717, 1.165) is 22.6 Å². The first-order valence-corrected chi connectivity index (χ1v) is 7.31. The van der Waals surface area contributed by atoms with Crippen LogP contribution in [0.25, 0.3) is 0 Å². The van der Waals surface area contributed by atoms with Crippen molar-refractivity contribution in [3.8, 4) is 5.75 Å². The number of rotatable bonds is 4. The third-order valence-corrected chi connectivity index (χ3v) is 3.43. The smallest absolute Gasteiger partial charge is 0.171 e. The first-order valence-electron chi connectivity index (χ1n) is 6.52.